The first kappa shape index (κ1) is 12.9. The number of carbonyl (C=O) groups excluding carboxylic acids is 1. The summed E-state index contributed by atoms with van der Waals surface area (Å²) in [7, 11) is 0. The molecule has 0 radical (unpaired) electrons. The Hall–Kier alpha value is -0.560. The van der Waals surface area contributed by atoms with Crippen molar-refractivity contribution in [2.45, 2.75) is 18.4 Å². The number of rotatable bonds is 4. The number of amides is 1. The first-order valence-electron chi connectivity index (χ1n) is 5.38. The van der Waals surface area contributed by atoms with Crippen molar-refractivity contribution in [3.05, 3.63) is 21.9 Å². The number of aliphatic hydroxyl groups excluding tert-OH is 2. The molecule has 6 heteroatoms. The smallest absolute Gasteiger partial charge is 0.233 e. The van der Waals surface area contributed by atoms with Crippen molar-refractivity contribution in [3.8, 4) is 0 Å². The molecule has 0 saturated carbocycles. The Kier molecular flexibility index (Phi) is 4.09. The van der Waals surface area contributed by atoms with E-state index in [1.54, 1.807) is 28.0 Å². The highest BCUT2D eigenvalue weighted by molar-refractivity contribution is 8.00. The summed E-state index contributed by atoms with van der Waals surface area (Å²) in [6, 6.07) is 4.05. The monoisotopic (exact) mass is 273 g/mol. The number of thiophene rings is 1. The quantitative estimate of drug-likeness (QED) is 0.858. The molecule has 4 nitrogen and oxygen atoms in total. The van der Waals surface area contributed by atoms with Crippen molar-refractivity contribution in [3.63, 3.8) is 0 Å². The lowest BCUT2D eigenvalue weighted by molar-refractivity contribution is -0.129. The highest BCUT2D eigenvalue weighted by Crippen LogP contribution is 2.41. The van der Waals surface area contributed by atoms with E-state index in [0.29, 0.717) is 5.75 Å². The fourth-order valence-electron chi connectivity index (χ4n) is 1.76. The maximum absolute atomic E-state index is 11.7. The number of hydrogen-bond acceptors (Lipinski definition) is 5. The third-order valence-electron chi connectivity index (χ3n) is 2.59. The summed E-state index contributed by atoms with van der Waals surface area (Å²) >= 11 is 3.24. The van der Waals surface area contributed by atoms with Crippen LogP contribution in [0.1, 0.15) is 15.1 Å². The van der Waals surface area contributed by atoms with Crippen LogP contribution < -0.4 is 0 Å². The van der Waals surface area contributed by atoms with Crippen LogP contribution in [0.3, 0.4) is 0 Å². The van der Waals surface area contributed by atoms with Gasteiger partial charge in [0.2, 0.25) is 5.91 Å². The summed E-state index contributed by atoms with van der Waals surface area (Å²) in [5.74, 6) is 0.471. The molecule has 1 amide bonds. The SMILES string of the molecule is Cc1ccc(C2SCC(=O)N2CC(O)CO)s1. The molecule has 2 N–H and O–H groups in total. The third kappa shape index (κ3) is 2.82. The summed E-state index contributed by atoms with van der Waals surface area (Å²) in [5, 5.41) is 18.3. The van der Waals surface area contributed by atoms with Gasteiger partial charge in [-0.15, -0.1) is 23.1 Å². The number of hydrogen-bond donors (Lipinski definition) is 2. The molecule has 1 aromatic heterocycles. The average Bonchev–Trinajstić information content (AvgIpc) is 2.87. The molecule has 17 heavy (non-hydrogen) atoms. The van der Waals surface area contributed by atoms with Gasteiger partial charge >= 0.3 is 0 Å². The fraction of sp³-hybridized carbons (Fsp3) is 0.545. The molecule has 0 bridgehead atoms. The van der Waals surface area contributed by atoms with Crippen LogP contribution in [0.15, 0.2) is 12.1 Å². The molecular formula is C11H15NO3S2. The average molecular weight is 273 g/mol. The van der Waals surface area contributed by atoms with Crippen LogP contribution in [-0.4, -0.2) is 46.0 Å². The minimum absolute atomic E-state index is 0.0117. The zero-order chi connectivity index (χ0) is 12.4. The molecular weight excluding hydrogens is 258 g/mol. The lowest BCUT2D eigenvalue weighted by Gasteiger charge is -2.24. The molecule has 1 fully saturated rings. The number of thioether (sulfide) groups is 1. The number of aryl methyl sites for hydroxylation is 1. The minimum Gasteiger partial charge on any atom is -0.394 e. The van der Waals surface area contributed by atoms with E-state index in [2.05, 4.69) is 0 Å². The Morgan fingerprint density at radius 2 is 2.35 bits per heavy atom. The minimum atomic E-state index is -0.860. The molecule has 2 atom stereocenters. The van der Waals surface area contributed by atoms with Gasteiger partial charge in [-0.2, -0.15) is 0 Å². The van der Waals surface area contributed by atoms with Gasteiger partial charge in [0.1, 0.15) is 5.37 Å². The zero-order valence-electron chi connectivity index (χ0n) is 9.50. The van der Waals surface area contributed by atoms with Crippen LogP contribution in [0.4, 0.5) is 0 Å². The second-order valence-electron chi connectivity index (χ2n) is 3.99. The van der Waals surface area contributed by atoms with Crippen molar-refractivity contribution >= 4 is 29.0 Å². The van der Waals surface area contributed by atoms with Gasteiger partial charge in [0.15, 0.2) is 0 Å². The highest BCUT2D eigenvalue weighted by Gasteiger charge is 2.34. The Morgan fingerprint density at radius 3 is 2.94 bits per heavy atom. The molecule has 0 aromatic carbocycles. The Labute approximate surface area is 108 Å². The van der Waals surface area contributed by atoms with E-state index < -0.39 is 6.10 Å². The molecule has 2 rings (SSSR count). The van der Waals surface area contributed by atoms with E-state index in [0.717, 1.165) is 4.88 Å². The second kappa shape index (κ2) is 5.39. The van der Waals surface area contributed by atoms with Crippen molar-refractivity contribution < 1.29 is 15.0 Å². The lowest BCUT2D eigenvalue weighted by Crippen LogP contribution is -2.36. The van der Waals surface area contributed by atoms with Gasteiger partial charge in [0.25, 0.3) is 0 Å². The van der Waals surface area contributed by atoms with Gasteiger partial charge in [-0.3, -0.25) is 4.79 Å². The van der Waals surface area contributed by atoms with Crippen molar-refractivity contribution in [1.29, 1.82) is 0 Å². The van der Waals surface area contributed by atoms with E-state index in [-0.39, 0.29) is 24.4 Å². The topological polar surface area (TPSA) is 60.8 Å². The van der Waals surface area contributed by atoms with Crippen molar-refractivity contribution in [2.24, 2.45) is 0 Å². The number of carbonyl (C=O) groups is 1. The standard InChI is InChI=1S/C11H15NO3S2/c1-7-2-3-9(17-7)11-12(4-8(14)5-13)10(15)6-16-11/h2-3,8,11,13-14H,4-6H2,1H3. The van der Waals surface area contributed by atoms with Crippen molar-refractivity contribution in [2.75, 3.05) is 18.9 Å². The third-order valence-corrected chi connectivity index (χ3v) is 5.03. The van der Waals surface area contributed by atoms with Gasteiger partial charge in [0, 0.05) is 9.75 Å². The highest BCUT2D eigenvalue weighted by atomic mass is 32.2. The fourth-order valence-corrected chi connectivity index (χ4v) is 4.07. The summed E-state index contributed by atoms with van der Waals surface area (Å²) in [4.78, 5) is 15.7. The first-order valence-corrected chi connectivity index (χ1v) is 7.24. The van der Waals surface area contributed by atoms with Crippen LogP contribution >= 0.6 is 23.1 Å². The molecule has 2 unspecified atom stereocenters. The van der Waals surface area contributed by atoms with Gasteiger partial charge in [-0.1, -0.05) is 0 Å². The maximum atomic E-state index is 11.7. The van der Waals surface area contributed by atoms with E-state index in [1.807, 2.05) is 19.1 Å². The predicted molar refractivity (Wildman–Crippen MR) is 69.1 cm³/mol. The largest absolute Gasteiger partial charge is 0.394 e. The summed E-state index contributed by atoms with van der Waals surface area (Å²) in [5.41, 5.74) is 0. The maximum Gasteiger partial charge on any atom is 0.233 e. The molecule has 1 aliphatic rings. The normalized spacial score (nSPS) is 22.2. The van der Waals surface area contributed by atoms with Crippen LogP contribution in [-0.2, 0) is 4.79 Å². The first-order chi connectivity index (χ1) is 8.11. The Morgan fingerprint density at radius 1 is 1.59 bits per heavy atom. The summed E-state index contributed by atoms with van der Waals surface area (Å²) in [6.45, 7) is 1.91. The van der Waals surface area contributed by atoms with Crippen molar-refractivity contribution in [1.82, 2.24) is 4.90 Å². The molecule has 1 aliphatic heterocycles. The number of nitrogens with zero attached hydrogens (tertiary/aromatic N) is 1. The molecule has 0 aliphatic carbocycles. The van der Waals surface area contributed by atoms with Gasteiger partial charge in [0.05, 0.1) is 25.0 Å². The van der Waals surface area contributed by atoms with E-state index in [1.165, 1.54) is 4.88 Å². The zero-order valence-corrected chi connectivity index (χ0v) is 11.1. The number of aliphatic hydroxyl groups is 2. The van der Waals surface area contributed by atoms with E-state index in [9.17, 15) is 9.90 Å². The Bertz CT molecular complexity index is 407. The lowest BCUT2D eigenvalue weighted by atomic mass is 10.3. The Balaban J connectivity index is 2.13. The van der Waals surface area contributed by atoms with Crippen LogP contribution in [0, 0.1) is 6.92 Å². The molecule has 0 spiro atoms. The molecule has 2 heterocycles. The molecule has 1 saturated heterocycles. The molecule has 94 valence electrons. The molecule has 1 aromatic rings. The van der Waals surface area contributed by atoms with Crippen LogP contribution in [0.5, 0.6) is 0 Å². The van der Waals surface area contributed by atoms with Gasteiger partial charge < -0.3 is 15.1 Å². The summed E-state index contributed by atoms with van der Waals surface area (Å²) in [6.07, 6.45) is -0.860. The van der Waals surface area contributed by atoms with E-state index >= 15 is 0 Å². The van der Waals surface area contributed by atoms with Gasteiger partial charge in [-0.05, 0) is 19.1 Å². The van der Waals surface area contributed by atoms with E-state index in [4.69, 9.17) is 5.11 Å². The van der Waals surface area contributed by atoms with Crippen LogP contribution in [0.25, 0.3) is 0 Å². The number of β-amino-alcohol motifs (C(OH)–C–C–N with tert-alkyl or cyclic N) is 1. The van der Waals surface area contributed by atoms with Gasteiger partial charge in [-0.25, -0.2) is 0 Å². The second-order valence-corrected chi connectivity index (χ2v) is 6.38. The van der Waals surface area contributed by atoms with Crippen LogP contribution in [0.2, 0.25) is 0 Å². The summed E-state index contributed by atoms with van der Waals surface area (Å²) < 4.78 is 0. The predicted octanol–water partition coefficient (Wildman–Crippen LogP) is 0.984.